The first-order valence-electron chi connectivity index (χ1n) is 9.11. The number of sulfonamides is 1. The highest BCUT2D eigenvalue weighted by Crippen LogP contribution is 2.33. The molecular weight excluding hydrogens is 388 g/mol. The van der Waals surface area contributed by atoms with E-state index in [1.54, 1.807) is 42.5 Å². The average molecular weight is 408 g/mol. The van der Waals surface area contributed by atoms with Crippen LogP contribution >= 0.6 is 0 Å². The largest absolute Gasteiger partial charge is 0.504 e. The van der Waals surface area contributed by atoms with Crippen molar-refractivity contribution >= 4 is 27.6 Å². The molecule has 3 aromatic rings. The lowest BCUT2D eigenvalue weighted by molar-refractivity contribution is 0.373. The van der Waals surface area contributed by atoms with E-state index in [0.29, 0.717) is 30.0 Å². The van der Waals surface area contributed by atoms with E-state index in [4.69, 9.17) is 4.74 Å². The molecule has 0 amide bonds. The Labute approximate surface area is 169 Å². The highest BCUT2D eigenvalue weighted by Gasteiger charge is 2.30. The Morgan fingerprint density at radius 3 is 2.55 bits per heavy atom. The Morgan fingerprint density at radius 2 is 1.79 bits per heavy atom. The fourth-order valence-corrected chi connectivity index (χ4v) is 4.84. The van der Waals surface area contributed by atoms with Gasteiger partial charge in [0.05, 0.1) is 23.4 Å². The van der Waals surface area contributed by atoms with Crippen LogP contribution in [0.3, 0.4) is 0 Å². The number of nitrogens with zero attached hydrogens (tertiary/aromatic N) is 2. The van der Waals surface area contributed by atoms with Gasteiger partial charge >= 0.3 is 0 Å². The highest BCUT2D eigenvalue weighted by atomic mass is 32.2. The smallest absolute Gasteiger partial charge is 0.264 e. The lowest BCUT2D eigenvalue weighted by Gasteiger charge is -2.19. The lowest BCUT2D eigenvalue weighted by atomic mass is 10.2. The van der Waals surface area contributed by atoms with Crippen LogP contribution in [0.1, 0.15) is 11.1 Å². The van der Waals surface area contributed by atoms with Gasteiger partial charge in [0.2, 0.25) is 0 Å². The molecule has 0 saturated heterocycles. The molecule has 0 unspecified atom stereocenters. The third kappa shape index (κ3) is 3.56. The number of phenols is 1. The Morgan fingerprint density at radius 1 is 1.03 bits per heavy atom. The number of phenolic OH excluding ortho intramolecular Hbond substituents is 1. The summed E-state index contributed by atoms with van der Waals surface area (Å²) in [5.41, 5.74) is 2.86. The van der Waals surface area contributed by atoms with Crippen LogP contribution in [0.25, 0.3) is 0 Å². The van der Waals surface area contributed by atoms with Gasteiger partial charge in [0.15, 0.2) is 11.5 Å². The van der Waals surface area contributed by atoms with Crippen molar-refractivity contribution in [3.63, 3.8) is 0 Å². The predicted octanol–water partition coefficient (Wildman–Crippen LogP) is 3.90. The molecule has 29 heavy (non-hydrogen) atoms. The number of hydrogen-bond donors (Lipinski definition) is 1. The molecule has 148 valence electrons. The van der Waals surface area contributed by atoms with Crippen molar-refractivity contribution in [3.8, 4) is 11.5 Å². The molecule has 1 heterocycles. The van der Waals surface area contributed by atoms with E-state index in [9.17, 15) is 13.5 Å². The third-order valence-electron chi connectivity index (χ3n) is 4.87. The summed E-state index contributed by atoms with van der Waals surface area (Å²) in [6.07, 6.45) is 2.22. The lowest BCUT2D eigenvalue weighted by Crippen LogP contribution is -2.29. The molecule has 1 N–H and O–H groups in total. The standard InChI is InChI=1S/C22H20N2O4S/c1-28-21-8-4-6-17(22(21)25)15-23-18-9-11-19(12-10-18)29(26,27)24-14-13-16-5-2-3-7-20(16)24/h2-12,15,25H,13-14H2,1H3. The Bertz CT molecular complexity index is 1170. The fourth-order valence-electron chi connectivity index (χ4n) is 3.34. The SMILES string of the molecule is COc1cccc(C=Nc2ccc(S(=O)(=O)N3CCc4ccccc43)cc2)c1O. The van der Waals surface area contributed by atoms with Crippen LogP contribution in [0.5, 0.6) is 11.5 Å². The summed E-state index contributed by atoms with van der Waals surface area (Å²) in [4.78, 5) is 4.54. The first kappa shape index (κ1) is 19.0. The summed E-state index contributed by atoms with van der Waals surface area (Å²) in [5.74, 6) is 0.368. The fraction of sp³-hybridized carbons (Fsp3) is 0.136. The Hall–Kier alpha value is -3.32. The van der Waals surface area contributed by atoms with Crippen molar-refractivity contribution in [2.45, 2.75) is 11.3 Å². The van der Waals surface area contributed by atoms with Crippen molar-refractivity contribution in [1.82, 2.24) is 0 Å². The average Bonchev–Trinajstić information content (AvgIpc) is 3.18. The first-order valence-corrected chi connectivity index (χ1v) is 10.6. The number of ether oxygens (including phenoxy) is 1. The molecule has 4 rings (SSSR count). The number of benzene rings is 3. The van der Waals surface area contributed by atoms with E-state index in [0.717, 1.165) is 11.3 Å². The van der Waals surface area contributed by atoms with Gasteiger partial charge < -0.3 is 9.84 Å². The third-order valence-corrected chi connectivity index (χ3v) is 6.70. The summed E-state index contributed by atoms with van der Waals surface area (Å²) >= 11 is 0. The quantitative estimate of drug-likeness (QED) is 0.650. The minimum absolute atomic E-state index is 0.00523. The molecule has 0 aromatic heterocycles. The van der Waals surface area contributed by atoms with Crippen LogP contribution < -0.4 is 9.04 Å². The van der Waals surface area contributed by atoms with Gasteiger partial charge in [-0.15, -0.1) is 0 Å². The van der Waals surface area contributed by atoms with Gasteiger partial charge in [0.25, 0.3) is 10.0 Å². The monoisotopic (exact) mass is 408 g/mol. The highest BCUT2D eigenvalue weighted by molar-refractivity contribution is 7.92. The zero-order chi connectivity index (χ0) is 20.4. The van der Waals surface area contributed by atoms with Crippen LogP contribution in [0, 0.1) is 0 Å². The summed E-state index contributed by atoms with van der Waals surface area (Å²) in [7, 11) is -2.15. The Balaban J connectivity index is 1.57. The van der Waals surface area contributed by atoms with Crippen LogP contribution in [0.4, 0.5) is 11.4 Å². The van der Waals surface area contributed by atoms with Gasteiger partial charge in [0.1, 0.15) is 0 Å². The van der Waals surface area contributed by atoms with E-state index in [2.05, 4.69) is 4.99 Å². The van der Waals surface area contributed by atoms with Crippen molar-refractivity contribution in [2.75, 3.05) is 18.0 Å². The number of para-hydroxylation sites is 2. The molecular formula is C22H20N2O4S. The van der Waals surface area contributed by atoms with E-state index >= 15 is 0 Å². The number of hydrogen-bond acceptors (Lipinski definition) is 5. The molecule has 3 aromatic carbocycles. The van der Waals surface area contributed by atoms with E-state index in [1.807, 2.05) is 24.3 Å². The summed E-state index contributed by atoms with van der Waals surface area (Å²) in [6.45, 7) is 0.441. The van der Waals surface area contributed by atoms with E-state index in [-0.39, 0.29) is 10.6 Å². The molecule has 0 aliphatic carbocycles. The number of rotatable bonds is 5. The second-order valence-corrected chi connectivity index (χ2v) is 8.47. The number of methoxy groups -OCH3 is 1. The zero-order valence-electron chi connectivity index (χ0n) is 15.8. The summed E-state index contributed by atoms with van der Waals surface area (Å²) in [6, 6.07) is 19.1. The predicted molar refractivity (Wildman–Crippen MR) is 113 cm³/mol. The molecule has 6 nitrogen and oxygen atoms in total. The van der Waals surface area contributed by atoms with Crippen LogP contribution in [0.15, 0.2) is 76.6 Å². The van der Waals surface area contributed by atoms with Crippen LogP contribution in [0.2, 0.25) is 0 Å². The number of anilines is 1. The molecule has 1 aliphatic heterocycles. The number of aliphatic imine (C=N–C) groups is 1. The van der Waals surface area contributed by atoms with Crippen LogP contribution in [-0.2, 0) is 16.4 Å². The van der Waals surface area contributed by atoms with Gasteiger partial charge in [-0.25, -0.2) is 8.42 Å². The van der Waals surface area contributed by atoms with Crippen molar-refractivity contribution < 1.29 is 18.3 Å². The second-order valence-electron chi connectivity index (χ2n) is 6.61. The molecule has 0 spiro atoms. The maximum atomic E-state index is 13.0. The van der Waals surface area contributed by atoms with Gasteiger partial charge in [0, 0.05) is 18.3 Å². The summed E-state index contributed by atoms with van der Waals surface area (Å²) in [5, 5.41) is 10.1. The van der Waals surface area contributed by atoms with E-state index < -0.39 is 10.0 Å². The topological polar surface area (TPSA) is 79.2 Å². The zero-order valence-corrected chi connectivity index (χ0v) is 16.6. The van der Waals surface area contributed by atoms with Gasteiger partial charge in [-0.2, -0.15) is 0 Å². The second kappa shape index (κ2) is 7.60. The van der Waals surface area contributed by atoms with Gasteiger partial charge in [-0.3, -0.25) is 9.30 Å². The molecule has 0 atom stereocenters. The van der Waals surface area contributed by atoms with Crippen LogP contribution in [-0.4, -0.2) is 33.4 Å². The number of fused-ring (bicyclic) bond motifs is 1. The molecule has 0 saturated carbocycles. The minimum Gasteiger partial charge on any atom is -0.504 e. The molecule has 0 radical (unpaired) electrons. The Kier molecular flexibility index (Phi) is 4.98. The molecule has 7 heteroatoms. The van der Waals surface area contributed by atoms with Crippen molar-refractivity contribution in [2.24, 2.45) is 4.99 Å². The molecule has 1 aliphatic rings. The maximum absolute atomic E-state index is 13.0. The molecule has 0 fully saturated rings. The molecule has 0 bridgehead atoms. The van der Waals surface area contributed by atoms with Crippen molar-refractivity contribution in [3.05, 3.63) is 77.9 Å². The first-order chi connectivity index (χ1) is 14.0. The summed E-state index contributed by atoms with van der Waals surface area (Å²) < 4.78 is 32.6. The van der Waals surface area contributed by atoms with E-state index in [1.165, 1.54) is 17.6 Å². The van der Waals surface area contributed by atoms with Gasteiger partial charge in [-0.05, 0) is 54.4 Å². The van der Waals surface area contributed by atoms with Gasteiger partial charge in [-0.1, -0.05) is 24.3 Å². The maximum Gasteiger partial charge on any atom is 0.264 e. The number of aromatic hydroxyl groups is 1. The normalized spacial score (nSPS) is 13.6. The van der Waals surface area contributed by atoms with Crippen molar-refractivity contribution in [1.29, 1.82) is 0 Å². The minimum atomic E-state index is -3.63.